The Morgan fingerprint density at radius 3 is 2.65 bits per heavy atom. The van der Waals surface area contributed by atoms with E-state index in [4.69, 9.17) is 0 Å². The maximum absolute atomic E-state index is 12.7. The van der Waals surface area contributed by atoms with Crippen LogP contribution in [-0.4, -0.2) is 20.7 Å². The van der Waals surface area contributed by atoms with Gasteiger partial charge in [-0.25, -0.2) is 4.98 Å². The largest absolute Gasteiger partial charge is 0.325 e. The number of anilines is 1. The van der Waals surface area contributed by atoms with Crippen molar-refractivity contribution in [2.75, 3.05) is 5.32 Å². The first-order valence-electron chi connectivity index (χ1n) is 8.23. The Kier molecular flexibility index (Phi) is 5.53. The summed E-state index contributed by atoms with van der Waals surface area (Å²) in [7, 11) is 0. The third kappa shape index (κ3) is 3.86. The minimum absolute atomic E-state index is 0.131. The molecule has 1 aromatic heterocycles. The molecule has 1 N–H and O–H groups in total. The summed E-state index contributed by atoms with van der Waals surface area (Å²) in [5.74, 6) is -0.145. The third-order valence-electron chi connectivity index (χ3n) is 3.83. The lowest BCUT2D eigenvalue weighted by molar-refractivity contribution is -0.115. The molecule has 0 aliphatic carbocycles. The van der Waals surface area contributed by atoms with Crippen LogP contribution in [0.2, 0.25) is 0 Å². The van der Waals surface area contributed by atoms with Gasteiger partial charge in [-0.3, -0.25) is 14.2 Å². The number of benzene rings is 2. The van der Waals surface area contributed by atoms with Gasteiger partial charge in [0.05, 0.1) is 16.2 Å². The lowest BCUT2D eigenvalue weighted by atomic mass is 10.2. The van der Waals surface area contributed by atoms with E-state index in [0.29, 0.717) is 22.6 Å². The molecule has 132 valence electrons. The molecule has 1 heterocycles. The van der Waals surface area contributed by atoms with E-state index in [9.17, 15) is 9.59 Å². The van der Waals surface area contributed by atoms with Crippen LogP contribution < -0.4 is 10.9 Å². The number of hydrogen-bond acceptors (Lipinski definition) is 4. The summed E-state index contributed by atoms with van der Waals surface area (Å²) in [6.07, 6.45) is 1.65. The minimum atomic E-state index is -0.417. The van der Waals surface area contributed by atoms with Gasteiger partial charge in [0.15, 0.2) is 5.16 Å². The van der Waals surface area contributed by atoms with Crippen LogP contribution in [0.25, 0.3) is 10.9 Å². The van der Waals surface area contributed by atoms with Crippen LogP contribution in [0.5, 0.6) is 0 Å². The quantitative estimate of drug-likeness (QED) is 0.411. The highest BCUT2D eigenvalue weighted by molar-refractivity contribution is 8.00. The van der Waals surface area contributed by atoms with Gasteiger partial charge in [0.1, 0.15) is 0 Å². The summed E-state index contributed by atoms with van der Waals surface area (Å²) in [4.78, 5) is 29.8. The van der Waals surface area contributed by atoms with Crippen molar-refractivity contribution in [2.45, 2.75) is 23.9 Å². The van der Waals surface area contributed by atoms with Gasteiger partial charge in [0, 0.05) is 12.2 Å². The van der Waals surface area contributed by atoms with Crippen molar-refractivity contribution in [1.82, 2.24) is 9.55 Å². The number of rotatable bonds is 6. The Bertz CT molecular complexity index is 999. The van der Waals surface area contributed by atoms with Crippen molar-refractivity contribution in [3.05, 3.63) is 77.6 Å². The number of para-hydroxylation sites is 2. The minimum Gasteiger partial charge on any atom is -0.325 e. The first-order valence-corrected chi connectivity index (χ1v) is 9.11. The van der Waals surface area contributed by atoms with E-state index in [1.165, 1.54) is 11.8 Å². The molecular weight excluding hydrogens is 346 g/mol. The molecule has 3 aromatic rings. The van der Waals surface area contributed by atoms with Gasteiger partial charge in [0.2, 0.25) is 5.91 Å². The number of thioether (sulfide) groups is 1. The first-order chi connectivity index (χ1) is 12.6. The van der Waals surface area contributed by atoms with Gasteiger partial charge in [-0.15, -0.1) is 6.58 Å². The van der Waals surface area contributed by atoms with Gasteiger partial charge in [-0.2, -0.15) is 0 Å². The molecule has 0 saturated carbocycles. The van der Waals surface area contributed by atoms with Crippen LogP contribution in [-0.2, 0) is 11.3 Å². The number of nitrogens with one attached hydrogen (secondary N) is 1. The molecule has 0 aliphatic heterocycles. The van der Waals surface area contributed by atoms with E-state index in [2.05, 4.69) is 16.9 Å². The topological polar surface area (TPSA) is 64.0 Å². The number of amides is 1. The van der Waals surface area contributed by atoms with Gasteiger partial charge in [0.25, 0.3) is 5.56 Å². The molecule has 1 atom stereocenters. The number of carbonyl (C=O) groups excluding carboxylic acids is 1. The molecular formula is C20H19N3O2S. The smallest absolute Gasteiger partial charge is 0.262 e. The number of nitrogens with zero attached hydrogens (tertiary/aromatic N) is 2. The summed E-state index contributed by atoms with van der Waals surface area (Å²) < 4.78 is 1.55. The normalized spacial score (nSPS) is 11.9. The van der Waals surface area contributed by atoms with Crippen molar-refractivity contribution >= 4 is 34.3 Å². The molecule has 0 unspecified atom stereocenters. The van der Waals surface area contributed by atoms with Crippen molar-refractivity contribution in [3.8, 4) is 0 Å². The van der Waals surface area contributed by atoms with Gasteiger partial charge in [-0.1, -0.05) is 48.2 Å². The van der Waals surface area contributed by atoms with Crippen LogP contribution in [0.15, 0.2) is 77.2 Å². The summed E-state index contributed by atoms with van der Waals surface area (Å²) in [6, 6.07) is 16.5. The average molecular weight is 365 g/mol. The number of allylic oxidation sites excluding steroid dienone is 1. The summed E-state index contributed by atoms with van der Waals surface area (Å²) in [5.41, 5.74) is 1.23. The molecule has 0 bridgehead atoms. The Hall–Kier alpha value is -2.86. The average Bonchev–Trinajstić information content (AvgIpc) is 2.65. The molecule has 0 aliphatic rings. The summed E-state index contributed by atoms with van der Waals surface area (Å²) in [6.45, 7) is 5.85. The van der Waals surface area contributed by atoms with E-state index in [0.717, 1.165) is 5.69 Å². The highest BCUT2D eigenvalue weighted by Crippen LogP contribution is 2.23. The maximum Gasteiger partial charge on any atom is 0.262 e. The number of hydrogen-bond donors (Lipinski definition) is 1. The van der Waals surface area contributed by atoms with Gasteiger partial charge < -0.3 is 5.32 Å². The number of carbonyl (C=O) groups is 1. The second-order valence-electron chi connectivity index (χ2n) is 5.73. The lowest BCUT2D eigenvalue weighted by Crippen LogP contribution is -2.26. The zero-order valence-electron chi connectivity index (χ0n) is 14.4. The molecule has 0 spiro atoms. The Morgan fingerprint density at radius 2 is 1.92 bits per heavy atom. The molecule has 0 fully saturated rings. The van der Waals surface area contributed by atoms with Crippen molar-refractivity contribution in [1.29, 1.82) is 0 Å². The maximum atomic E-state index is 12.7. The standard InChI is InChI=1S/C20H19N3O2S/c1-3-13-23-19(25)16-11-7-8-12-17(16)22-20(23)26-14(2)18(24)21-15-9-5-4-6-10-15/h3-12,14H,1,13H2,2H3,(H,21,24)/t14-/m1/s1. The Balaban J connectivity index is 1.89. The predicted octanol–water partition coefficient (Wildman–Crippen LogP) is 3.70. The Labute approximate surface area is 155 Å². The van der Waals surface area contributed by atoms with Crippen LogP contribution in [0.4, 0.5) is 5.69 Å². The first kappa shape index (κ1) is 17.9. The molecule has 2 aromatic carbocycles. The predicted molar refractivity (Wildman–Crippen MR) is 107 cm³/mol. The van der Waals surface area contributed by atoms with Gasteiger partial charge >= 0.3 is 0 Å². The SMILES string of the molecule is C=CCn1c(S[C@H](C)C(=O)Nc2ccccc2)nc2ccccc2c1=O. The number of aromatic nitrogens is 2. The zero-order chi connectivity index (χ0) is 18.5. The van der Waals surface area contributed by atoms with Crippen molar-refractivity contribution in [2.24, 2.45) is 0 Å². The zero-order valence-corrected chi connectivity index (χ0v) is 15.2. The van der Waals surface area contributed by atoms with Crippen LogP contribution in [0, 0.1) is 0 Å². The highest BCUT2D eigenvalue weighted by atomic mass is 32.2. The highest BCUT2D eigenvalue weighted by Gasteiger charge is 2.19. The second kappa shape index (κ2) is 8.01. The van der Waals surface area contributed by atoms with E-state index >= 15 is 0 Å². The van der Waals surface area contributed by atoms with Crippen molar-refractivity contribution < 1.29 is 4.79 Å². The van der Waals surface area contributed by atoms with E-state index < -0.39 is 5.25 Å². The fourth-order valence-electron chi connectivity index (χ4n) is 2.50. The molecule has 1 amide bonds. The van der Waals surface area contributed by atoms with E-state index in [1.54, 1.807) is 29.7 Å². The van der Waals surface area contributed by atoms with Crippen LogP contribution in [0.1, 0.15) is 6.92 Å². The monoisotopic (exact) mass is 365 g/mol. The lowest BCUT2D eigenvalue weighted by Gasteiger charge is -2.15. The molecule has 0 saturated heterocycles. The molecule has 5 nitrogen and oxygen atoms in total. The molecule has 6 heteroatoms. The molecule has 26 heavy (non-hydrogen) atoms. The van der Waals surface area contributed by atoms with Crippen molar-refractivity contribution in [3.63, 3.8) is 0 Å². The number of fused-ring (bicyclic) bond motifs is 1. The molecule has 3 rings (SSSR count). The third-order valence-corrected chi connectivity index (χ3v) is 4.92. The molecule has 0 radical (unpaired) electrons. The van der Waals surface area contributed by atoms with Gasteiger partial charge in [-0.05, 0) is 31.2 Å². The van der Waals surface area contributed by atoms with Crippen LogP contribution in [0.3, 0.4) is 0 Å². The second-order valence-corrected chi connectivity index (χ2v) is 7.04. The fourth-order valence-corrected chi connectivity index (χ4v) is 3.42. The summed E-state index contributed by atoms with van der Waals surface area (Å²) >= 11 is 1.26. The summed E-state index contributed by atoms with van der Waals surface area (Å²) in [5, 5.41) is 3.51. The van der Waals surface area contributed by atoms with E-state index in [1.807, 2.05) is 42.5 Å². The van der Waals surface area contributed by atoms with E-state index in [-0.39, 0.29) is 11.5 Å². The fraction of sp³-hybridized carbons (Fsp3) is 0.150. The Morgan fingerprint density at radius 1 is 1.23 bits per heavy atom. The van der Waals surface area contributed by atoms with Crippen LogP contribution >= 0.6 is 11.8 Å².